The van der Waals surface area contributed by atoms with E-state index in [-0.39, 0.29) is 11.8 Å². The maximum atomic E-state index is 13.0. The molecule has 4 rings (SSSR count). The van der Waals surface area contributed by atoms with E-state index in [1.54, 1.807) is 34.8 Å². The van der Waals surface area contributed by atoms with E-state index in [0.29, 0.717) is 18.0 Å². The lowest BCUT2D eigenvalue weighted by Gasteiger charge is -2.41. The zero-order valence-electron chi connectivity index (χ0n) is 14.5. The third-order valence-electron chi connectivity index (χ3n) is 5.00. The molecule has 1 aliphatic heterocycles. The standard InChI is InChI=1S/C19H21N3O3S/c1-21(15-3-5-17(23)6-4-15)13-16-9-11-22(16)26(24,25)18-7-2-14-8-10-20-19(14)12-18/h2-8,10,12,16,20,23H,9,11,13H2,1H3. The predicted molar refractivity (Wildman–Crippen MR) is 102 cm³/mol. The number of hydrogen-bond donors (Lipinski definition) is 2. The first-order chi connectivity index (χ1) is 12.4. The zero-order valence-corrected chi connectivity index (χ0v) is 15.3. The molecule has 2 aromatic carbocycles. The highest BCUT2D eigenvalue weighted by Crippen LogP contribution is 2.30. The lowest BCUT2D eigenvalue weighted by Crippen LogP contribution is -2.55. The Morgan fingerprint density at radius 1 is 1.19 bits per heavy atom. The lowest BCUT2D eigenvalue weighted by atomic mass is 10.1. The Kier molecular flexibility index (Phi) is 4.13. The molecule has 1 unspecified atom stereocenters. The third-order valence-corrected chi connectivity index (χ3v) is 6.95. The van der Waals surface area contributed by atoms with Crippen LogP contribution in [0.2, 0.25) is 0 Å². The number of phenolic OH excluding ortho intramolecular Hbond substituents is 1. The molecule has 0 aliphatic carbocycles. The molecule has 0 amide bonds. The number of fused-ring (bicyclic) bond motifs is 1. The van der Waals surface area contributed by atoms with Crippen molar-refractivity contribution in [2.75, 3.05) is 25.0 Å². The maximum Gasteiger partial charge on any atom is 0.243 e. The summed E-state index contributed by atoms with van der Waals surface area (Å²) in [5.74, 6) is 0.217. The van der Waals surface area contributed by atoms with Gasteiger partial charge < -0.3 is 15.0 Å². The largest absolute Gasteiger partial charge is 0.508 e. The average molecular weight is 371 g/mol. The molecule has 1 atom stereocenters. The smallest absolute Gasteiger partial charge is 0.243 e. The van der Waals surface area contributed by atoms with Crippen LogP contribution >= 0.6 is 0 Å². The molecule has 1 aliphatic rings. The highest BCUT2D eigenvalue weighted by Gasteiger charge is 2.39. The van der Waals surface area contributed by atoms with Gasteiger partial charge >= 0.3 is 0 Å². The number of nitrogens with one attached hydrogen (secondary N) is 1. The second-order valence-corrected chi connectivity index (χ2v) is 8.57. The number of rotatable bonds is 5. The van der Waals surface area contributed by atoms with Crippen molar-refractivity contribution in [2.45, 2.75) is 17.4 Å². The molecule has 1 saturated heterocycles. The van der Waals surface area contributed by atoms with Gasteiger partial charge in [-0.05, 0) is 54.3 Å². The Hall–Kier alpha value is -2.51. The summed E-state index contributed by atoms with van der Waals surface area (Å²) < 4.78 is 27.6. The molecule has 0 saturated carbocycles. The van der Waals surface area contributed by atoms with Crippen LogP contribution < -0.4 is 4.90 Å². The van der Waals surface area contributed by atoms with Crippen LogP contribution in [0.3, 0.4) is 0 Å². The van der Waals surface area contributed by atoms with E-state index in [4.69, 9.17) is 0 Å². The van der Waals surface area contributed by atoms with Crippen molar-refractivity contribution in [2.24, 2.45) is 0 Å². The Labute approximate surface area is 152 Å². The third kappa shape index (κ3) is 2.93. The van der Waals surface area contributed by atoms with Crippen LogP contribution in [-0.2, 0) is 10.0 Å². The van der Waals surface area contributed by atoms with Crippen LogP contribution in [0.5, 0.6) is 5.75 Å². The second-order valence-electron chi connectivity index (χ2n) is 6.68. The van der Waals surface area contributed by atoms with Crippen molar-refractivity contribution in [3.8, 4) is 5.75 Å². The van der Waals surface area contributed by atoms with E-state index in [1.165, 1.54) is 0 Å². The van der Waals surface area contributed by atoms with E-state index >= 15 is 0 Å². The molecule has 26 heavy (non-hydrogen) atoms. The van der Waals surface area contributed by atoms with Gasteiger partial charge in [-0.2, -0.15) is 4.31 Å². The van der Waals surface area contributed by atoms with Crippen LogP contribution in [0.4, 0.5) is 5.69 Å². The fraction of sp³-hybridized carbons (Fsp3) is 0.263. The summed E-state index contributed by atoms with van der Waals surface area (Å²) in [4.78, 5) is 5.40. The van der Waals surface area contributed by atoms with Crippen LogP contribution in [0, 0.1) is 0 Å². The van der Waals surface area contributed by atoms with E-state index in [0.717, 1.165) is 23.0 Å². The molecule has 0 spiro atoms. The SMILES string of the molecule is CN(CC1CCN1S(=O)(=O)c1ccc2cc[nH]c2c1)c1ccc(O)cc1. The highest BCUT2D eigenvalue weighted by molar-refractivity contribution is 7.89. The number of aromatic amines is 1. The summed E-state index contributed by atoms with van der Waals surface area (Å²) in [6, 6.07) is 14.0. The quantitative estimate of drug-likeness (QED) is 0.723. The fourth-order valence-corrected chi connectivity index (χ4v) is 5.06. The number of benzene rings is 2. The molecule has 2 N–H and O–H groups in total. The van der Waals surface area contributed by atoms with E-state index < -0.39 is 10.0 Å². The maximum absolute atomic E-state index is 13.0. The van der Waals surface area contributed by atoms with Gasteiger partial charge in [0.15, 0.2) is 0 Å². The van der Waals surface area contributed by atoms with Crippen LogP contribution in [0.1, 0.15) is 6.42 Å². The van der Waals surface area contributed by atoms with Gasteiger partial charge in [0.05, 0.1) is 4.90 Å². The first-order valence-corrected chi connectivity index (χ1v) is 9.98. The number of hydrogen-bond acceptors (Lipinski definition) is 4. The summed E-state index contributed by atoms with van der Waals surface area (Å²) >= 11 is 0. The zero-order chi connectivity index (χ0) is 18.3. The minimum Gasteiger partial charge on any atom is -0.508 e. The first kappa shape index (κ1) is 16.9. The molecule has 1 fully saturated rings. The van der Waals surface area contributed by atoms with Crippen molar-refractivity contribution in [3.63, 3.8) is 0 Å². The van der Waals surface area contributed by atoms with Gasteiger partial charge in [-0.3, -0.25) is 0 Å². The van der Waals surface area contributed by atoms with Gasteiger partial charge in [-0.1, -0.05) is 6.07 Å². The number of phenols is 1. The van der Waals surface area contributed by atoms with Crippen LogP contribution in [0.25, 0.3) is 10.9 Å². The van der Waals surface area contributed by atoms with Crippen molar-refractivity contribution < 1.29 is 13.5 Å². The van der Waals surface area contributed by atoms with Gasteiger partial charge in [0, 0.05) is 43.6 Å². The Morgan fingerprint density at radius 3 is 2.65 bits per heavy atom. The second kappa shape index (κ2) is 6.34. The van der Waals surface area contributed by atoms with Crippen molar-refractivity contribution in [1.82, 2.24) is 9.29 Å². The summed E-state index contributed by atoms with van der Waals surface area (Å²) in [5, 5.41) is 10.4. The van der Waals surface area contributed by atoms with Gasteiger partial charge in [0.2, 0.25) is 10.0 Å². The van der Waals surface area contributed by atoms with Gasteiger partial charge in [-0.25, -0.2) is 8.42 Å². The van der Waals surface area contributed by atoms with Crippen molar-refractivity contribution in [1.29, 1.82) is 0 Å². The monoisotopic (exact) mass is 371 g/mol. The average Bonchev–Trinajstić information content (AvgIpc) is 3.06. The summed E-state index contributed by atoms with van der Waals surface area (Å²) in [7, 11) is -1.58. The molecule has 2 heterocycles. The Balaban J connectivity index is 1.52. The minimum absolute atomic E-state index is 0.0573. The minimum atomic E-state index is -3.51. The fourth-order valence-electron chi connectivity index (χ4n) is 3.37. The van der Waals surface area contributed by atoms with Gasteiger partial charge in [0.1, 0.15) is 5.75 Å². The molecule has 1 aromatic heterocycles. The summed E-state index contributed by atoms with van der Waals surface area (Å²) in [6.07, 6.45) is 2.65. The van der Waals surface area contributed by atoms with Crippen molar-refractivity contribution >= 4 is 26.6 Å². The Bertz CT molecular complexity index is 1030. The molecule has 3 aromatic rings. The number of sulfonamides is 1. The highest BCUT2D eigenvalue weighted by atomic mass is 32.2. The number of anilines is 1. The topological polar surface area (TPSA) is 76.6 Å². The van der Waals surface area contributed by atoms with Crippen LogP contribution in [-0.4, -0.2) is 49.0 Å². The lowest BCUT2D eigenvalue weighted by molar-refractivity contribution is 0.204. The number of aromatic nitrogens is 1. The molecule has 136 valence electrons. The number of aromatic hydroxyl groups is 1. The molecular formula is C19H21N3O3S. The van der Waals surface area contributed by atoms with E-state index in [2.05, 4.69) is 4.98 Å². The molecule has 0 radical (unpaired) electrons. The molecule has 6 nitrogen and oxygen atoms in total. The molecular weight excluding hydrogens is 350 g/mol. The first-order valence-electron chi connectivity index (χ1n) is 8.54. The van der Waals surface area contributed by atoms with Gasteiger partial charge in [-0.15, -0.1) is 0 Å². The number of H-pyrrole nitrogens is 1. The Morgan fingerprint density at radius 2 is 1.96 bits per heavy atom. The normalized spacial score (nSPS) is 18.0. The number of nitrogens with zero attached hydrogens (tertiary/aromatic N) is 2. The van der Waals surface area contributed by atoms with Crippen LogP contribution in [0.15, 0.2) is 59.6 Å². The summed E-state index contributed by atoms with van der Waals surface area (Å²) in [5.41, 5.74) is 1.77. The van der Waals surface area contributed by atoms with Crippen molar-refractivity contribution in [3.05, 3.63) is 54.7 Å². The summed E-state index contributed by atoms with van der Waals surface area (Å²) in [6.45, 7) is 1.15. The predicted octanol–water partition coefficient (Wildman–Crippen LogP) is 2.77. The van der Waals surface area contributed by atoms with E-state index in [1.807, 2.05) is 36.2 Å². The van der Waals surface area contributed by atoms with E-state index in [9.17, 15) is 13.5 Å². The number of likely N-dealkylation sites (N-methyl/N-ethyl adjacent to an activating group) is 1. The molecule has 7 heteroatoms. The van der Waals surface area contributed by atoms with Gasteiger partial charge in [0.25, 0.3) is 0 Å². The molecule has 0 bridgehead atoms.